The number of benzene rings is 1. The molecule has 1 fully saturated rings. The Morgan fingerprint density at radius 3 is 2.61 bits per heavy atom. The van der Waals surface area contributed by atoms with Gasteiger partial charge in [-0.15, -0.1) is 0 Å². The van der Waals surface area contributed by atoms with Gasteiger partial charge in [0.15, 0.2) is 0 Å². The summed E-state index contributed by atoms with van der Waals surface area (Å²) in [7, 11) is -1.55. The molecule has 2 rings (SSSR count). The van der Waals surface area contributed by atoms with Crippen LogP contribution in [0.25, 0.3) is 0 Å². The van der Waals surface area contributed by atoms with Crippen molar-refractivity contribution in [3.63, 3.8) is 0 Å². The Labute approximate surface area is 145 Å². The lowest BCUT2D eigenvalue weighted by Crippen LogP contribution is -2.41. The Morgan fingerprint density at radius 1 is 1.39 bits per heavy atom. The molecule has 23 heavy (non-hydrogen) atoms. The lowest BCUT2D eigenvalue weighted by molar-refractivity contribution is 0.0940. The van der Waals surface area contributed by atoms with Crippen molar-refractivity contribution in [2.75, 3.05) is 33.0 Å². The molecule has 0 saturated carbocycles. The van der Waals surface area contributed by atoms with Crippen LogP contribution in [0.5, 0.6) is 5.75 Å². The fourth-order valence-electron chi connectivity index (χ4n) is 2.58. The van der Waals surface area contributed by atoms with Gasteiger partial charge in [0.1, 0.15) is 5.75 Å². The van der Waals surface area contributed by atoms with Gasteiger partial charge in [0.25, 0.3) is 5.91 Å². The van der Waals surface area contributed by atoms with E-state index in [9.17, 15) is 13.2 Å². The van der Waals surface area contributed by atoms with Crippen LogP contribution in [0.3, 0.4) is 0 Å². The molecule has 1 saturated heterocycles. The van der Waals surface area contributed by atoms with E-state index in [1.807, 2.05) is 0 Å². The molecule has 1 aliphatic rings. The summed E-state index contributed by atoms with van der Waals surface area (Å²) < 4.78 is 30.3. The van der Waals surface area contributed by atoms with Crippen molar-refractivity contribution in [3.05, 3.63) is 28.2 Å². The number of piperidine rings is 1. The number of halogens is 1. The van der Waals surface area contributed by atoms with Crippen molar-refractivity contribution in [3.8, 4) is 5.75 Å². The highest BCUT2D eigenvalue weighted by molar-refractivity contribution is 9.10. The Kier molecular flexibility index (Phi) is 6.05. The van der Waals surface area contributed by atoms with Crippen LogP contribution in [0.15, 0.2) is 22.7 Å². The standard InChI is InChI=1S/C15H21BrN2O4S/c1-22-12-3-4-14(16)13(9-12)15(19)17-10-11-5-7-18(8-6-11)23(2,20)21/h3-4,9,11H,5-8,10H2,1-2H3,(H,17,19). The van der Waals surface area contributed by atoms with Crippen LogP contribution in [0, 0.1) is 5.92 Å². The van der Waals surface area contributed by atoms with Gasteiger partial charge >= 0.3 is 0 Å². The second kappa shape index (κ2) is 7.63. The van der Waals surface area contributed by atoms with Gasteiger partial charge in [-0.05, 0) is 52.9 Å². The van der Waals surface area contributed by atoms with E-state index < -0.39 is 10.0 Å². The number of amides is 1. The Morgan fingerprint density at radius 2 is 2.04 bits per heavy atom. The molecule has 8 heteroatoms. The monoisotopic (exact) mass is 404 g/mol. The predicted octanol–water partition coefficient (Wildman–Crippen LogP) is 1.86. The fraction of sp³-hybridized carbons (Fsp3) is 0.533. The smallest absolute Gasteiger partial charge is 0.252 e. The van der Waals surface area contributed by atoms with Crippen molar-refractivity contribution in [1.82, 2.24) is 9.62 Å². The van der Waals surface area contributed by atoms with Gasteiger partial charge in [-0.2, -0.15) is 0 Å². The number of hydrogen-bond acceptors (Lipinski definition) is 4. The van der Waals surface area contributed by atoms with E-state index in [1.54, 1.807) is 25.3 Å². The number of ether oxygens (including phenoxy) is 1. The molecule has 0 aromatic heterocycles. The van der Waals surface area contributed by atoms with Crippen molar-refractivity contribution >= 4 is 31.9 Å². The SMILES string of the molecule is COc1ccc(Br)c(C(=O)NCC2CCN(S(C)(=O)=O)CC2)c1. The third-order valence-electron chi connectivity index (χ3n) is 4.01. The summed E-state index contributed by atoms with van der Waals surface area (Å²) in [5.41, 5.74) is 0.526. The first-order chi connectivity index (χ1) is 10.8. The summed E-state index contributed by atoms with van der Waals surface area (Å²) in [6.07, 6.45) is 2.74. The van der Waals surface area contributed by atoms with Crippen LogP contribution < -0.4 is 10.1 Å². The highest BCUT2D eigenvalue weighted by Gasteiger charge is 2.25. The highest BCUT2D eigenvalue weighted by Crippen LogP contribution is 2.23. The molecule has 6 nitrogen and oxygen atoms in total. The normalized spacial score (nSPS) is 17.0. The molecule has 1 aliphatic heterocycles. The Bertz CT molecular complexity index is 670. The predicted molar refractivity (Wildman–Crippen MR) is 92.2 cm³/mol. The zero-order valence-electron chi connectivity index (χ0n) is 13.2. The van der Waals surface area contributed by atoms with E-state index in [0.29, 0.717) is 41.3 Å². The van der Waals surface area contributed by atoms with Gasteiger partial charge in [0.05, 0.1) is 18.9 Å². The van der Waals surface area contributed by atoms with Crippen LogP contribution >= 0.6 is 15.9 Å². The van der Waals surface area contributed by atoms with E-state index in [-0.39, 0.29) is 5.91 Å². The number of carbonyl (C=O) groups excluding carboxylic acids is 1. The van der Waals surface area contributed by atoms with Gasteiger partial charge < -0.3 is 10.1 Å². The summed E-state index contributed by atoms with van der Waals surface area (Å²) in [5.74, 6) is 0.752. The number of carbonyl (C=O) groups is 1. The van der Waals surface area contributed by atoms with E-state index in [1.165, 1.54) is 10.6 Å². The van der Waals surface area contributed by atoms with Crippen LogP contribution in [0.4, 0.5) is 0 Å². The van der Waals surface area contributed by atoms with E-state index in [2.05, 4.69) is 21.2 Å². The summed E-state index contributed by atoms with van der Waals surface area (Å²) in [6, 6.07) is 5.24. The molecule has 1 aromatic carbocycles. The first-order valence-electron chi connectivity index (χ1n) is 7.38. The number of hydrogen-bond donors (Lipinski definition) is 1. The van der Waals surface area contributed by atoms with E-state index >= 15 is 0 Å². The first-order valence-corrected chi connectivity index (χ1v) is 10.0. The molecule has 1 amide bonds. The summed E-state index contributed by atoms with van der Waals surface area (Å²) in [5, 5.41) is 2.92. The minimum absolute atomic E-state index is 0.165. The molecule has 1 N–H and O–H groups in total. The van der Waals surface area contributed by atoms with Crippen LogP contribution in [-0.2, 0) is 10.0 Å². The maximum atomic E-state index is 12.3. The van der Waals surface area contributed by atoms with Gasteiger partial charge in [-0.25, -0.2) is 12.7 Å². The molecule has 0 atom stereocenters. The number of nitrogens with one attached hydrogen (secondary N) is 1. The zero-order chi connectivity index (χ0) is 17.0. The second-order valence-corrected chi connectivity index (χ2v) is 8.50. The molecule has 1 aromatic rings. The molecule has 0 radical (unpaired) electrons. The van der Waals surface area contributed by atoms with E-state index in [4.69, 9.17) is 4.74 Å². The largest absolute Gasteiger partial charge is 0.497 e. The van der Waals surface area contributed by atoms with Crippen molar-refractivity contribution in [2.24, 2.45) is 5.92 Å². The molecule has 128 valence electrons. The average molecular weight is 405 g/mol. The van der Waals surface area contributed by atoms with Gasteiger partial charge in [-0.3, -0.25) is 4.79 Å². The lowest BCUT2D eigenvalue weighted by atomic mass is 9.98. The van der Waals surface area contributed by atoms with Crippen LogP contribution in [0.2, 0.25) is 0 Å². The minimum atomic E-state index is -3.11. The average Bonchev–Trinajstić information content (AvgIpc) is 2.52. The van der Waals surface area contributed by atoms with E-state index in [0.717, 1.165) is 12.8 Å². The highest BCUT2D eigenvalue weighted by atomic mass is 79.9. The maximum absolute atomic E-state index is 12.3. The third-order valence-corrected chi connectivity index (χ3v) is 6.01. The topological polar surface area (TPSA) is 75.7 Å². The molecular formula is C15H21BrN2O4S. The summed E-state index contributed by atoms with van der Waals surface area (Å²) >= 11 is 3.37. The minimum Gasteiger partial charge on any atom is -0.497 e. The maximum Gasteiger partial charge on any atom is 0.252 e. The summed E-state index contributed by atoms with van der Waals surface area (Å²) in [4.78, 5) is 12.3. The van der Waals surface area contributed by atoms with Crippen LogP contribution in [-0.4, -0.2) is 51.6 Å². The van der Waals surface area contributed by atoms with Crippen molar-refractivity contribution in [2.45, 2.75) is 12.8 Å². The second-order valence-electron chi connectivity index (χ2n) is 5.66. The van der Waals surface area contributed by atoms with Gasteiger partial charge in [0, 0.05) is 24.1 Å². The number of methoxy groups -OCH3 is 1. The molecule has 0 unspecified atom stereocenters. The van der Waals surface area contributed by atoms with Gasteiger partial charge in [0.2, 0.25) is 10.0 Å². The number of rotatable bonds is 5. The number of sulfonamides is 1. The third kappa shape index (κ3) is 4.92. The molecule has 1 heterocycles. The Balaban J connectivity index is 1.89. The number of nitrogens with zero attached hydrogens (tertiary/aromatic N) is 1. The van der Waals surface area contributed by atoms with Gasteiger partial charge in [-0.1, -0.05) is 0 Å². The molecule has 0 bridgehead atoms. The summed E-state index contributed by atoms with van der Waals surface area (Å²) in [6.45, 7) is 1.57. The fourth-order valence-corrected chi connectivity index (χ4v) is 3.88. The zero-order valence-corrected chi connectivity index (χ0v) is 15.6. The quantitative estimate of drug-likeness (QED) is 0.812. The van der Waals surface area contributed by atoms with Crippen molar-refractivity contribution in [1.29, 1.82) is 0 Å². The first kappa shape index (κ1) is 18.2. The molecule has 0 aliphatic carbocycles. The lowest BCUT2D eigenvalue weighted by Gasteiger charge is -2.30. The van der Waals surface area contributed by atoms with Crippen LogP contribution in [0.1, 0.15) is 23.2 Å². The Hall–Kier alpha value is -1.12. The molecule has 0 spiro atoms. The molecular weight excluding hydrogens is 384 g/mol. The van der Waals surface area contributed by atoms with Crippen molar-refractivity contribution < 1.29 is 17.9 Å².